The molecule has 1 aromatic heterocycles. The van der Waals surface area contributed by atoms with Crippen LogP contribution in [0, 0.1) is 10.1 Å². The number of anilines is 1. The molecule has 2 aromatic carbocycles. The minimum Gasteiger partial charge on any atom is -0.497 e. The van der Waals surface area contributed by atoms with Crippen LogP contribution in [0.2, 0.25) is 5.02 Å². The van der Waals surface area contributed by atoms with E-state index in [2.05, 4.69) is 10.2 Å². The summed E-state index contributed by atoms with van der Waals surface area (Å²) >= 11 is 6.12. The average Bonchev–Trinajstić information content (AvgIpc) is 2.84. The lowest BCUT2D eigenvalue weighted by atomic mass is 10.1. The molecule has 164 valence electrons. The molecule has 0 atom stereocenters. The number of nitro benzene ring substituents is 1. The van der Waals surface area contributed by atoms with Crippen LogP contribution in [0.25, 0.3) is 11.3 Å². The molecule has 0 aliphatic carbocycles. The number of piperazine rings is 1. The van der Waals surface area contributed by atoms with Crippen molar-refractivity contribution in [2.75, 3.05) is 38.2 Å². The molecule has 10 heteroatoms. The summed E-state index contributed by atoms with van der Waals surface area (Å²) < 4.78 is 5.17. The Morgan fingerprint density at radius 2 is 1.75 bits per heavy atom. The first-order valence-corrected chi connectivity index (χ1v) is 10.3. The number of nitrogens with zero attached hydrogens (tertiary/aromatic N) is 5. The van der Waals surface area contributed by atoms with Gasteiger partial charge < -0.3 is 14.5 Å². The van der Waals surface area contributed by atoms with E-state index in [9.17, 15) is 14.9 Å². The van der Waals surface area contributed by atoms with Crippen molar-refractivity contribution in [3.05, 3.63) is 75.3 Å². The number of carbonyl (C=O) groups excluding carboxylic acids is 1. The minimum atomic E-state index is -0.542. The number of non-ortho nitro benzene ring substituents is 1. The zero-order valence-electron chi connectivity index (χ0n) is 17.3. The second-order valence-corrected chi connectivity index (χ2v) is 7.61. The molecule has 3 aromatic rings. The van der Waals surface area contributed by atoms with Crippen LogP contribution in [0.1, 0.15) is 10.4 Å². The van der Waals surface area contributed by atoms with Crippen molar-refractivity contribution in [1.29, 1.82) is 0 Å². The number of ether oxygens (including phenoxy) is 1. The smallest absolute Gasteiger partial charge is 0.270 e. The molecular weight excluding hydrogens is 434 g/mol. The van der Waals surface area contributed by atoms with E-state index in [-0.39, 0.29) is 22.2 Å². The molecule has 0 radical (unpaired) electrons. The summed E-state index contributed by atoms with van der Waals surface area (Å²) in [4.78, 5) is 27.0. The van der Waals surface area contributed by atoms with Gasteiger partial charge in [0.25, 0.3) is 11.6 Å². The Balaban J connectivity index is 1.41. The summed E-state index contributed by atoms with van der Waals surface area (Å²) in [6, 6.07) is 15.3. The summed E-state index contributed by atoms with van der Waals surface area (Å²) in [6.45, 7) is 2.02. The Bertz CT molecular complexity index is 1130. The van der Waals surface area contributed by atoms with E-state index >= 15 is 0 Å². The fourth-order valence-corrected chi connectivity index (χ4v) is 3.71. The van der Waals surface area contributed by atoms with Crippen molar-refractivity contribution in [2.45, 2.75) is 0 Å². The average molecular weight is 454 g/mol. The molecule has 0 spiro atoms. The largest absolute Gasteiger partial charge is 0.497 e. The summed E-state index contributed by atoms with van der Waals surface area (Å²) in [5, 5.41) is 19.9. The molecule has 1 amide bonds. The highest BCUT2D eigenvalue weighted by Gasteiger charge is 2.26. The molecule has 0 unspecified atom stereocenters. The van der Waals surface area contributed by atoms with Crippen LogP contribution in [0.3, 0.4) is 0 Å². The molecule has 0 bridgehead atoms. The normalized spacial score (nSPS) is 13.7. The van der Waals surface area contributed by atoms with Crippen LogP contribution in [0.5, 0.6) is 5.75 Å². The fourth-order valence-electron chi connectivity index (χ4n) is 3.51. The summed E-state index contributed by atoms with van der Waals surface area (Å²) in [7, 11) is 1.62. The quantitative estimate of drug-likeness (QED) is 0.429. The van der Waals surface area contributed by atoms with Gasteiger partial charge in [-0.05, 0) is 42.5 Å². The predicted molar refractivity (Wildman–Crippen MR) is 120 cm³/mol. The van der Waals surface area contributed by atoms with Crippen molar-refractivity contribution in [2.24, 2.45) is 0 Å². The van der Waals surface area contributed by atoms with Gasteiger partial charge in [0.05, 0.1) is 28.3 Å². The highest BCUT2D eigenvalue weighted by molar-refractivity contribution is 6.33. The van der Waals surface area contributed by atoms with E-state index in [4.69, 9.17) is 16.3 Å². The third-order valence-corrected chi connectivity index (χ3v) is 5.65. The van der Waals surface area contributed by atoms with E-state index in [1.54, 1.807) is 12.0 Å². The lowest BCUT2D eigenvalue weighted by Gasteiger charge is -2.35. The monoisotopic (exact) mass is 453 g/mol. The number of aromatic nitrogens is 2. The summed E-state index contributed by atoms with van der Waals surface area (Å²) in [6.07, 6.45) is 0. The van der Waals surface area contributed by atoms with Gasteiger partial charge in [-0.25, -0.2) is 0 Å². The maximum atomic E-state index is 12.8. The number of nitro groups is 1. The van der Waals surface area contributed by atoms with Gasteiger partial charge in [0.15, 0.2) is 5.82 Å². The third kappa shape index (κ3) is 4.47. The Labute approximate surface area is 189 Å². The molecule has 1 aliphatic heterocycles. The van der Waals surface area contributed by atoms with Crippen molar-refractivity contribution >= 4 is 29.0 Å². The van der Waals surface area contributed by atoms with Crippen LogP contribution in [0.15, 0.2) is 54.6 Å². The lowest BCUT2D eigenvalue weighted by Crippen LogP contribution is -2.49. The molecule has 0 saturated carbocycles. The van der Waals surface area contributed by atoms with Gasteiger partial charge in [-0.15, -0.1) is 10.2 Å². The second kappa shape index (κ2) is 9.19. The van der Waals surface area contributed by atoms with Crippen molar-refractivity contribution < 1.29 is 14.5 Å². The molecule has 1 aliphatic rings. The minimum absolute atomic E-state index is 0.137. The Kier molecular flexibility index (Phi) is 6.18. The van der Waals surface area contributed by atoms with Gasteiger partial charge in [-0.3, -0.25) is 14.9 Å². The van der Waals surface area contributed by atoms with Crippen LogP contribution >= 0.6 is 11.6 Å². The standard InChI is InChI=1S/C22H20ClN5O4/c1-32-17-5-2-15(3-6-17)20-8-9-21(25-24-20)26-10-12-27(13-11-26)22(29)18-14-16(28(30)31)4-7-19(18)23/h2-9,14H,10-13H2,1H3. The number of amides is 1. The third-order valence-electron chi connectivity index (χ3n) is 5.32. The van der Waals surface area contributed by atoms with Gasteiger partial charge in [0.2, 0.25) is 0 Å². The van der Waals surface area contributed by atoms with E-state index in [1.165, 1.54) is 18.2 Å². The van der Waals surface area contributed by atoms with E-state index in [0.717, 1.165) is 22.8 Å². The van der Waals surface area contributed by atoms with Crippen molar-refractivity contribution in [3.8, 4) is 17.0 Å². The first kappa shape index (κ1) is 21.5. The number of halogens is 1. The molecule has 0 N–H and O–H groups in total. The highest BCUT2D eigenvalue weighted by atomic mass is 35.5. The summed E-state index contributed by atoms with van der Waals surface area (Å²) in [5.74, 6) is 1.18. The predicted octanol–water partition coefficient (Wildman–Crippen LogP) is 3.68. The van der Waals surface area contributed by atoms with Gasteiger partial charge in [-0.2, -0.15) is 0 Å². The maximum Gasteiger partial charge on any atom is 0.270 e. The Morgan fingerprint density at radius 1 is 1.03 bits per heavy atom. The van der Waals surface area contributed by atoms with Gasteiger partial charge in [0.1, 0.15) is 5.75 Å². The number of benzene rings is 2. The zero-order valence-corrected chi connectivity index (χ0v) is 18.0. The van der Waals surface area contributed by atoms with E-state index in [0.29, 0.717) is 26.2 Å². The zero-order chi connectivity index (χ0) is 22.7. The first-order chi connectivity index (χ1) is 15.5. The highest BCUT2D eigenvalue weighted by Crippen LogP contribution is 2.25. The van der Waals surface area contributed by atoms with Crippen molar-refractivity contribution in [3.63, 3.8) is 0 Å². The second-order valence-electron chi connectivity index (χ2n) is 7.21. The SMILES string of the molecule is COc1ccc(-c2ccc(N3CCN(C(=O)c4cc([N+](=O)[O-])ccc4Cl)CC3)nn2)cc1. The molecule has 9 nitrogen and oxygen atoms in total. The maximum absolute atomic E-state index is 12.8. The van der Waals surface area contributed by atoms with E-state index in [1.807, 2.05) is 41.3 Å². The molecule has 1 fully saturated rings. The number of hydrogen-bond acceptors (Lipinski definition) is 7. The van der Waals surface area contributed by atoms with Crippen LogP contribution < -0.4 is 9.64 Å². The van der Waals surface area contributed by atoms with Crippen LogP contribution in [-0.2, 0) is 0 Å². The fraction of sp³-hybridized carbons (Fsp3) is 0.227. The first-order valence-electron chi connectivity index (χ1n) is 9.92. The van der Waals surface area contributed by atoms with Crippen LogP contribution in [0.4, 0.5) is 11.5 Å². The number of rotatable bonds is 5. The molecule has 32 heavy (non-hydrogen) atoms. The Hall–Kier alpha value is -3.72. The number of carbonyl (C=O) groups is 1. The molecule has 2 heterocycles. The molecular formula is C22H20ClN5O4. The molecule has 4 rings (SSSR count). The van der Waals surface area contributed by atoms with Gasteiger partial charge in [-0.1, -0.05) is 11.6 Å². The van der Waals surface area contributed by atoms with Gasteiger partial charge in [0, 0.05) is 43.9 Å². The van der Waals surface area contributed by atoms with Crippen LogP contribution in [-0.4, -0.2) is 59.2 Å². The van der Waals surface area contributed by atoms with E-state index < -0.39 is 4.92 Å². The Morgan fingerprint density at radius 3 is 2.34 bits per heavy atom. The lowest BCUT2D eigenvalue weighted by molar-refractivity contribution is -0.384. The van der Waals surface area contributed by atoms with Gasteiger partial charge >= 0.3 is 0 Å². The number of hydrogen-bond donors (Lipinski definition) is 0. The number of methoxy groups -OCH3 is 1. The molecule has 1 saturated heterocycles. The summed E-state index contributed by atoms with van der Waals surface area (Å²) in [5.41, 5.74) is 1.67. The topological polar surface area (TPSA) is 102 Å². The van der Waals surface area contributed by atoms with Crippen molar-refractivity contribution in [1.82, 2.24) is 15.1 Å².